The summed E-state index contributed by atoms with van der Waals surface area (Å²) in [4.78, 5) is 8.56. The van der Waals surface area contributed by atoms with E-state index in [4.69, 9.17) is 20.7 Å². The van der Waals surface area contributed by atoms with Gasteiger partial charge >= 0.3 is 6.16 Å². The summed E-state index contributed by atoms with van der Waals surface area (Å²) in [6.45, 7) is 0. The van der Waals surface area contributed by atoms with Crippen LogP contribution in [0.2, 0.25) is 0 Å². The fourth-order valence-electron chi connectivity index (χ4n) is 0.453. The van der Waals surface area contributed by atoms with E-state index >= 15 is 0 Å². The van der Waals surface area contributed by atoms with Crippen LogP contribution in [0.1, 0.15) is 0 Å². The van der Waals surface area contributed by atoms with Crippen molar-refractivity contribution in [3.8, 4) is 0 Å². The van der Waals surface area contributed by atoms with E-state index in [1.54, 1.807) is 0 Å². The number of hydrogen-bond acceptors (Lipinski definition) is 2. The van der Waals surface area contributed by atoms with Gasteiger partial charge < -0.3 is 15.9 Å². The summed E-state index contributed by atoms with van der Waals surface area (Å²) in [5, 5.41) is 13.9. The number of hydrogen-bond donors (Lipinski definition) is 3. The van der Waals surface area contributed by atoms with Crippen molar-refractivity contribution in [1.82, 2.24) is 0 Å². The number of nitrogens with two attached hydrogens (primary N) is 1. The van der Waals surface area contributed by atoms with Gasteiger partial charge in [0, 0.05) is 5.69 Å². The van der Waals surface area contributed by atoms with Crippen LogP contribution in [0.25, 0.3) is 0 Å². The molecule has 1 aromatic carbocycles. The van der Waals surface area contributed by atoms with Crippen molar-refractivity contribution in [2.24, 2.45) is 0 Å². The molecule has 68 valence electrons. The molecule has 5 heteroatoms. The molecule has 0 unspecified atom stereocenters. The van der Waals surface area contributed by atoms with Crippen LogP contribution in [0.4, 0.5) is 10.5 Å². The summed E-state index contributed by atoms with van der Waals surface area (Å²) in [5.74, 6) is 0. The van der Waals surface area contributed by atoms with Gasteiger partial charge in [-0.1, -0.05) is 18.2 Å². The van der Waals surface area contributed by atoms with Gasteiger partial charge in [0.25, 0.3) is 0 Å². The Morgan fingerprint density at radius 1 is 1.17 bits per heavy atom. The fraction of sp³-hybridized carbons (Fsp3) is 0. The third-order valence-corrected chi connectivity index (χ3v) is 0.800. The van der Waals surface area contributed by atoms with Crippen LogP contribution in [0.3, 0.4) is 0 Å². The first-order valence-corrected chi connectivity index (χ1v) is 2.85. The van der Waals surface area contributed by atoms with Gasteiger partial charge in [0.2, 0.25) is 0 Å². The molecule has 0 heterocycles. The second kappa shape index (κ2) is 7.68. The van der Waals surface area contributed by atoms with Gasteiger partial charge in [-0.05, 0) is 12.1 Å². The van der Waals surface area contributed by atoms with Gasteiger partial charge in [0.05, 0.1) is 0 Å². The third kappa shape index (κ3) is 11.4. The highest BCUT2D eigenvalue weighted by molar-refractivity contribution is 5.85. The van der Waals surface area contributed by atoms with E-state index in [9.17, 15) is 0 Å². The quantitative estimate of drug-likeness (QED) is 0.547. The Bertz CT molecular complexity index is 211. The molecule has 0 atom stereocenters. The molecule has 0 aliphatic rings. The highest BCUT2D eigenvalue weighted by atomic mass is 35.5. The zero-order chi connectivity index (χ0) is 8.69. The van der Waals surface area contributed by atoms with Gasteiger partial charge in [-0.25, -0.2) is 4.79 Å². The summed E-state index contributed by atoms with van der Waals surface area (Å²) in [6.07, 6.45) is -1.83. The van der Waals surface area contributed by atoms with Crippen LogP contribution < -0.4 is 5.73 Å². The predicted octanol–water partition coefficient (Wildman–Crippen LogP) is 1.91. The normalized spacial score (nSPS) is 7.00. The zero-order valence-electron chi connectivity index (χ0n) is 6.18. The number of para-hydroxylation sites is 1. The van der Waals surface area contributed by atoms with Crippen LogP contribution >= 0.6 is 12.4 Å². The first-order chi connectivity index (χ1) is 5.13. The SMILES string of the molecule is Cl.Nc1ccccc1.O=C(O)O. The minimum atomic E-state index is -1.83. The largest absolute Gasteiger partial charge is 0.503 e. The van der Waals surface area contributed by atoms with Crippen molar-refractivity contribution in [1.29, 1.82) is 0 Å². The molecule has 0 saturated heterocycles. The average Bonchev–Trinajstić information content (AvgIpc) is 1.87. The maximum atomic E-state index is 8.56. The van der Waals surface area contributed by atoms with Crippen molar-refractivity contribution >= 4 is 24.2 Å². The van der Waals surface area contributed by atoms with Gasteiger partial charge in [-0.3, -0.25) is 0 Å². The van der Waals surface area contributed by atoms with Crippen molar-refractivity contribution in [2.45, 2.75) is 0 Å². The molecular weight excluding hydrogens is 182 g/mol. The molecule has 1 aromatic rings. The van der Waals surface area contributed by atoms with E-state index in [0.29, 0.717) is 0 Å². The smallest absolute Gasteiger partial charge is 0.450 e. The number of benzene rings is 1. The molecule has 0 saturated carbocycles. The molecule has 0 amide bonds. The number of carbonyl (C=O) groups is 1. The van der Waals surface area contributed by atoms with Gasteiger partial charge in [-0.2, -0.15) is 0 Å². The van der Waals surface area contributed by atoms with E-state index in [1.165, 1.54) is 0 Å². The summed E-state index contributed by atoms with van der Waals surface area (Å²) in [6, 6.07) is 9.49. The second-order valence-corrected chi connectivity index (χ2v) is 1.69. The topological polar surface area (TPSA) is 83.6 Å². The van der Waals surface area contributed by atoms with Crippen LogP contribution in [-0.2, 0) is 0 Å². The van der Waals surface area contributed by atoms with Gasteiger partial charge in [-0.15, -0.1) is 12.4 Å². The Hall–Kier alpha value is -1.42. The minimum absolute atomic E-state index is 0. The maximum absolute atomic E-state index is 8.56. The van der Waals surface area contributed by atoms with Crippen LogP contribution in [0, 0.1) is 0 Å². The Kier molecular flexibility index (Phi) is 8.45. The molecule has 0 bridgehead atoms. The van der Waals surface area contributed by atoms with E-state index < -0.39 is 6.16 Å². The summed E-state index contributed by atoms with van der Waals surface area (Å²) in [5.41, 5.74) is 6.18. The highest BCUT2D eigenvalue weighted by Crippen LogP contribution is 1.95. The molecule has 4 nitrogen and oxygen atoms in total. The Morgan fingerprint density at radius 3 is 1.67 bits per heavy atom. The van der Waals surface area contributed by atoms with Crippen LogP contribution in [0.15, 0.2) is 30.3 Å². The monoisotopic (exact) mass is 191 g/mol. The molecule has 4 N–H and O–H groups in total. The Morgan fingerprint density at radius 2 is 1.50 bits per heavy atom. The number of carboxylic acid groups (broad SMARTS) is 2. The van der Waals surface area contributed by atoms with E-state index in [0.717, 1.165) is 5.69 Å². The summed E-state index contributed by atoms with van der Waals surface area (Å²) >= 11 is 0. The van der Waals surface area contributed by atoms with Crippen molar-refractivity contribution in [3.05, 3.63) is 30.3 Å². The lowest BCUT2D eigenvalue weighted by Gasteiger charge is -1.83. The van der Waals surface area contributed by atoms with E-state index in [1.807, 2.05) is 30.3 Å². The molecule has 0 aromatic heterocycles. The Labute approximate surface area is 76.0 Å². The molecule has 0 spiro atoms. The number of nitrogen functional groups attached to an aromatic ring is 1. The number of anilines is 1. The molecule has 0 aliphatic carbocycles. The molecule has 1 rings (SSSR count). The van der Waals surface area contributed by atoms with E-state index in [2.05, 4.69) is 0 Å². The summed E-state index contributed by atoms with van der Waals surface area (Å²) in [7, 11) is 0. The summed E-state index contributed by atoms with van der Waals surface area (Å²) < 4.78 is 0. The predicted molar refractivity (Wildman–Crippen MR) is 48.8 cm³/mol. The molecule has 0 radical (unpaired) electrons. The Balaban J connectivity index is 0. The molecular formula is C7H10ClNO3. The first kappa shape index (κ1) is 13.2. The lowest BCUT2D eigenvalue weighted by molar-refractivity contribution is 0.137. The molecule has 0 fully saturated rings. The lowest BCUT2D eigenvalue weighted by Crippen LogP contribution is -1.81. The lowest BCUT2D eigenvalue weighted by atomic mass is 10.3. The van der Waals surface area contributed by atoms with Crippen LogP contribution in [0.5, 0.6) is 0 Å². The van der Waals surface area contributed by atoms with E-state index in [-0.39, 0.29) is 12.4 Å². The minimum Gasteiger partial charge on any atom is -0.450 e. The van der Waals surface area contributed by atoms with Crippen LogP contribution in [-0.4, -0.2) is 16.4 Å². The van der Waals surface area contributed by atoms with Gasteiger partial charge in [0.15, 0.2) is 0 Å². The number of rotatable bonds is 0. The average molecular weight is 192 g/mol. The first-order valence-electron chi connectivity index (χ1n) is 2.85. The van der Waals surface area contributed by atoms with Crippen molar-refractivity contribution in [3.63, 3.8) is 0 Å². The standard InChI is InChI=1S/C6H7N.CH2O3.ClH/c7-6-4-2-1-3-5-6;2-1(3)4;/h1-5H,7H2;(H2,2,3,4);1H. The second-order valence-electron chi connectivity index (χ2n) is 1.69. The zero-order valence-corrected chi connectivity index (χ0v) is 6.99. The van der Waals surface area contributed by atoms with Crippen molar-refractivity contribution < 1.29 is 15.0 Å². The van der Waals surface area contributed by atoms with Gasteiger partial charge in [0.1, 0.15) is 0 Å². The number of halogens is 1. The molecule has 12 heavy (non-hydrogen) atoms. The van der Waals surface area contributed by atoms with Crippen molar-refractivity contribution in [2.75, 3.05) is 5.73 Å². The molecule has 0 aliphatic heterocycles. The third-order valence-electron chi connectivity index (χ3n) is 0.800. The maximum Gasteiger partial charge on any atom is 0.503 e. The highest BCUT2D eigenvalue weighted by Gasteiger charge is 1.72. The fourth-order valence-corrected chi connectivity index (χ4v) is 0.453.